The Morgan fingerprint density at radius 3 is 2.50 bits per heavy atom. The fourth-order valence-corrected chi connectivity index (χ4v) is 4.64. The largest absolute Gasteiger partial charge is 0.384 e. The van der Waals surface area contributed by atoms with Gasteiger partial charge in [-0.2, -0.15) is 0 Å². The molecule has 2 aliphatic rings. The van der Waals surface area contributed by atoms with Crippen molar-refractivity contribution in [3.8, 4) is 11.1 Å². The van der Waals surface area contributed by atoms with Gasteiger partial charge >= 0.3 is 0 Å². The van der Waals surface area contributed by atoms with E-state index in [1.165, 1.54) is 0 Å². The number of rotatable bonds is 7. The van der Waals surface area contributed by atoms with E-state index in [-0.39, 0.29) is 11.7 Å². The average molecular weight is 403 g/mol. The topological polar surface area (TPSA) is 82.5 Å². The number of nitrogens with one attached hydrogen (secondary N) is 1. The van der Waals surface area contributed by atoms with Gasteiger partial charge in [0.25, 0.3) is 5.91 Å². The molecule has 0 aromatic heterocycles. The van der Waals surface area contributed by atoms with Crippen molar-refractivity contribution in [3.63, 3.8) is 0 Å². The highest BCUT2D eigenvalue weighted by Gasteiger charge is 2.49. The zero-order valence-electron chi connectivity index (χ0n) is 17.7. The smallest absolute Gasteiger partial charge is 0.256 e. The lowest BCUT2D eigenvalue weighted by atomic mass is 9.97. The summed E-state index contributed by atoms with van der Waals surface area (Å²) in [5, 5.41) is 7.82. The lowest BCUT2D eigenvalue weighted by molar-refractivity contribution is -0.131. The minimum Gasteiger partial charge on any atom is -0.384 e. The summed E-state index contributed by atoms with van der Waals surface area (Å²) in [5.74, 6) is 1.22. The third-order valence-electron chi connectivity index (χ3n) is 6.31. The molecule has 156 valence electrons. The minimum atomic E-state index is -0.483. The highest BCUT2D eigenvalue weighted by Crippen LogP contribution is 2.40. The molecule has 0 unspecified atom stereocenters. The van der Waals surface area contributed by atoms with Crippen molar-refractivity contribution in [2.75, 3.05) is 0 Å². The fourth-order valence-electron chi connectivity index (χ4n) is 4.64. The van der Waals surface area contributed by atoms with Gasteiger partial charge in [0.15, 0.2) is 0 Å². The molecule has 0 saturated heterocycles. The molecule has 1 saturated carbocycles. The predicted octanol–water partition coefficient (Wildman–Crippen LogP) is 4.88. The number of amidine groups is 2. The summed E-state index contributed by atoms with van der Waals surface area (Å²) in [6.07, 6.45) is 6.98. The first-order valence-electron chi connectivity index (χ1n) is 11.0. The molecule has 1 spiro atoms. The highest BCUT2D eigenvalue weighted by molar-refractivity contribution is 6.08. The molecule has 1 fully saturated rings. The van der Waals surface area contributed by atoms with E-state index in [1.807, 2.05) is 41.3 Å². The van der Waals surface area contributed by atoms with Gasteiger partial charge in [0.05, 0.1) is 6.54 Å². The van der Waals surface area contributed by atoms with E-state index in [0.717, 1.165) is 73.0 Å². The van der Waals surface area contributed by atoms with Crippen molar-refractivity contribution in [2.24, 2.45) is 10.7 Å². The first kappa shape index (κ1) is 20.3. The predicted molar refractivity (Wildman–Crippen MR) is 122 cm³/mol. The van der Waals surface area contributed by atoms with Crippen LogP contribution in [0.4, 0.5) is 0 Å². The Balaban J connectivity index is 1.56. The van der Waals surface area contributed by atoms with E-state index in [2.05, 4.69) is 19.1 Å². The van der Waals surface area contributed by atoms with Gasteiger partial charge in [-0.05, 0) is 36.0 Å². The lowest BCUT2D eigenvalue weighted by Gasteiger charge is -2.23. The van der Waals surface area contributed by atoms with Crippen molar-refractivity contribution in [1.82, 2.24) is 4.90 Å². The Labute approximate surface area is 178 Å². The van der Waals surface area contributed by atoms with Crippen LogP contribution in [-0.4, -0.2) is 28.0 Å². The molecule has 3 N–H and O–H groups in total. The summed E-state index contributed by atoms with van der Waals surface area (Å²) in [5.41, 5.74) is 9.05. The molecule has 0 bridgehead atoms. The Kier molecular flexibility index (Phi) is 5.71. The van der Waals surface area contributed by atoms with E-state index in [1.54, 1.807) is 0 Å². The molecule has 1 aliphatic carbocycles. The SMILES string of the molecule is CCCCC1=NC2(CCCC2)C(=O)N1Cc1ccc(-c2ccccc2C(=N)N)cc1. The van der Waals surface area contributed by atoms with Crippen molar-refractivity contribution in [3.05, 3.63) is 59.7 Å². The van der Waals surface area contributed by atoms with E-state index in [9.17, 15) is 4.79 Å². The van der Waals surface area contributed by atoms with Gasteiger partial charge in [0.1, 0.15) is 17.2 Å². The monoisotopic (exact) mass is 402 g/mol. The van der Waals surface area contributed by atoms with Crippen LogP contribution in [-0.2, 0) is 11.3 Å². The van der Waals surface area contributed by atoms with Gasteiger partial charge in [-0.15, -0.1) is 0 Å². The molecule has 1 heterocycles. The number of hydrogen-bond donors (Lipinski definition) is 2. The maximum Gasteiger partial charge on any atom is 0.256 e. The normalized spacial score (nSPS) is 17.6. The molecular weight excluding hydrogens is 372 g/mol. The van der Waals surface area contributed by atoms with E-state index in [4.69, 9.17) is 16.1 Å². The average Bonchev–Trinajstić information content (AvgIpc) is 3.33. The number of hydrogen-bond acceptors (Lipinski definition) is 3. The molecule has 4 rings (SSSR count). The van der Waals surface area contributed by atoms with Crippen molar-refractivity contribution in [1.29, 1.82) is 5.41 Å². The van der Waals surface area contributed by atoms with Gasteiger partial charge in [0, 0.05) is 12.0 Å². The maximum absolute atomic E-state index is 13.3. The maximum atomic E-state index is 13.3. The summed E-state index contributed by atoms with van der Waals surface area (Å²) in [7, 11) is 0. The van der Waals surface area contributed by atoms with Crippen LogP contribution in [0.3, 0.4) is 0 Å². The lowest BCUT2D eigenvalue weighted by Crippen LogP contribution is -2.40. The molecule has 5 nitrogen and oxygen atoms in total. The molecule has 2 aromatic carbocycles. The van der Waals surface area contributed by atoms with Crippen LogP contribution < -0.4 is 5.73 Å². The Morgan fingerprint density at radius 1 is 1.13 bits per heavy atom. The molecule has 5 heteroatoms. The van der Waals surface area contributed by atoms with Crippen LogP contribution in [0, 0.1) is 5.41 Å². The molecule has 0 radical (unpaired) electrons. The zero-order valence-corrected chi connectivity index (χ0v) is 17.7. The van der Waals surface area contributed by atoms with Gasteiger partial charge in [0.2, 0.25) is 0 Å². The van der Waals surface area contributed by atoms with Gasteiger partial charge in [-0.1, -0.05) is 74.7 Å². The first-order chi connectivity index (χ1) is 14.5. The van der Waals surface area contributed by atoms with Crippen molar-refractivity contribution >= 4 is 17.6 Å². The first-order valence-corrected chi connectivity index (χ1v) is 11.0. The second-order valence-electron chi connectivity index (χ2n) is 8.42. The third kappa shape index (κ3) is 3.76. The van der Waals surface area contributed by atoms with Gasteiger partial charge in [-0.25, -0.2) is 0 Å². The molecule has 1 aliphatic heterocycles. The van der Waals surface area contributed by atoms with Crippen LogP contribution in [0.5, 0.6) is 0 Å². The third-order valence-corrected chi connectivity index (χ3v) is 6.31. The number of carbonyl (C=O) groups excluding carboxylic acids is 1. The Hall–Kier alpha value is -2.95. The van der Waals surface area contributed by atoms with E-state index >= 15 is 0 Å². The van der Waals surface area contributed by atoms with Crippen LogP contribution in [0.1, 0.15) is 63.0 Å². The summed E-state index contributed by atoms with van der Waals surface area (Å²) >= 11 is 0. The van der Waals surface area contributed by atoms with Crippen LogP contribution >= 0.6 is 0 Å². The quantitative estimate of drug-likeness (QED) is 0.511. The Bertz CT molecular complexity index is 971. The molecule has 0 atom stereocenters. The van der Waals surface area contributed by atoms with E-state index in [0.29, 0.717) is 6.54 Å². The standard InChI is InChI=1S/C25H30N4O/c1-2-3-10-22-28-25(15-6-7-16-25)24(30)29(22)17-18-11-13-19(14-12-18)20-8-4-5-9-21(20)23(26)27/h4-5,8-9,11-14H,2-3,6-7,10,15-17H2,1H3,(H3,26,27). The zero-order chi connectivity index (χ0) is 21.1. The summed E-state index contributed by atoms with van der Waals surface area (Å²) in [4.78, 5) is 20.2. The number of nitrogens with two attached hydrogens (primary N) is 1. The van der Waals surface area contributed by atoms with Gasteiger partial charge in [-0.3, -0.25) is 20.1 Å². The second-order valence-corrected chi connectivity index (χ2v) is 8.42. The number of nitrogens with zero attached hydrogens (tertiary/aromatic N) is 2. The number of unbranched alkanes of at least 4 members (excludes halogenated alkanes) is 1. The number of carbonyl (C=O) groups is 1. The summed E-state index contributed by atoms with van der Waals surface area (Å²) < 4.78 is 0. The van der Waals surface area contributed by atoms with Crippen LogP contribution in [0.2, 0.25) is 0 Å². The summed E-state index contributed by atoms with van der Waals surface area (Å²) in [6, 6.07) is 15.9. The minimum absolute atomic E-state index is 0.0657. The molecular formula is C25H30N4O. The molecule has 1 amide bonds. The Morgan fingerprint density at radius 2 is 1.83 bits per heavy atom. The fraction of sp³-hybridized carbons (Fsp3) is 0.400. The van der Waals surface area contributed by atoms with E-state index < -0.39 is 5.54 Å². The van der Waals surface area contributed by atoms with Crippen LogP contribution in [0.25, 0.3) is 11.1 Å². The molecule has 2 aromatic rings. The number of aliphatic imine (C=N–C) groups is 1. The number of benzene rings is 2. The number of amides is 1. The second kappa shape index (κ2) is 8.42. The van der Waals surface area contributed by atoms with Crippen LogP contribution in [0.15, 0.2) is 53.5 Å². The molecule has 30 heavy (non-hydrogen) atoms. The highest BCUT2D eigenvalue weighted by atomic mass is 16.2. The number of nitrogen functional groups attached to an aromatic ring is 1. The summed E-state index contributed by atoms with van der Waals surface area (Å²) in [6.45, 7) is 2.74. The van der Waals surface area contributed by atoms with Crippen molar-refractivity contribution < 1.29 is 4.79 Å². The van der Waals surface area contributed by atoms with Gasteiger partial charge < -0.3 is 5.73 Å². The van der Waals surface area contributed by atoms with Crippen molar-refractivity contribution in [2.45, 2.75) is 64.0 Å².